The number of amides is 1. The molecule has 0 aliphatic carbocycles. The number of hydrogen-bond donors (Lipinski definition) is 1. The number of unbranched alkanes of at least 4 members (excludes halogenated alkanes) is 9. The van der Waals surface area contributed by atoms with Gasteiger partial charge in [-0.1, -0.05) is 51.5 Å². The maximum atomic E-state index is 10.9. The van der Waals surface area contributed by atoms with Gasteiger partial charge in [0.25, 0.3) is 0 Å². The second-order valence-corrected chi connectivity index (χ2v) is 7.04. The van der Waals surface area contributed by atoms with Crippen LogP contribution < -0.4 is 17.7 Å². The molecule has 0 aromatic heterocycles. The first-order valence-corrected chi connectivity index (χ1v) is 8.66. The molecule has 0 aromatic rings. The molecular weight excluding hydrogens is 296 g/mol. The lowest BCUT2D eigenvalue weighted by Gasteiger charge is -2.23. The molecule has 0 atom stereocenters. The van der Waals surface area contributed by atoms with Gasteiger partial charge in [-0.3, -0.25) is 4.79 Å². The van der Waals surface area contributed by atoms with Crippen molar-refractivity contribution >= 4 is 5.91 Å². The molecule has 0 unspecified atom stereocenters. The summed E-state index contributed by atoms with van der Waals surface area (Å²) in [4.78, 5) is 10.9. The minimum atomic E-state index is -0.0553. The zero-order valence-electron chi connectivity index (χ0n) is 15.0. The SMILES string of the molecule is C=CC(=O)NCCCCCCCCCCCC[N+](C)(C)C.[Cl-]. The van der Waals surface area contributed by atoms with Gasteiger partial charge in [0.15, 0.2) is 0 Å². The molecule has 0 aliphatic rings. The first kappa shape index (κ1) is 23.7. The Morgan fingerprint density at radius 3 is 1.68 bits per heavy atom. The Labute approximate surface area is 144 Å². The quantitative estimate of drug-likeness (QED) is 0.286. The average molecular weight is 333 g/mol. The van der Waals surface area contributed by atoms with Crippen molar-refractivity contribution in [3.8, 4) is 0 Å². The molecule has 132 valence electrons. The van der Waals surface area contributed by atoms with Crippen molar-refractivity contribution in [2.24, 2.45) is 0 Å². The summed E-state index contributed by atoms with van der Waals surface area (Å²) >= 11 is 0. The average Bonchev–Trinajstić information content (AvgIpc) is 2.42. The van der Waals surface area contributed by atoms with E-state index in [2.05, 4.69) is 33.0 Å². The molecule has 22 heavy (non-hydrogen) atoms. The van der Waals surface area contributed by atoms with Crippen LogP contribution in [0.25, 0.3) is 0 Å². The van der Waals surface area contributed by atoms with E-state index in [1.807, 2.05) is 0 Å². The lowest BCUT2D eigenvalue weighted by Crippen LogP contribution is -3.00. The Balaban J connectivity index is 0. The number of carbonyl (C=O) groups is 1. The van der Waals surface area contributed by atoms with E-state index in [0.29, 0.717) is 0 Å². The lowest BCUT2D eigenvalue weighted by molar-refractivity contribution is -0.870. The Hall–Kier alpha value is -0.540. The van der Waals surface area contributed by atoms with Crippen LogP contribution >= 0.6 is 0 Å². The molecular formula is C18H37ClN2O. The molecule has 0 rings (SSSR count). The molecule has 1 N–H and O–H groups in total. The number of carbonyl (C=O) groups excluding carboxylic acids is 1. The van der Waals surface area contributed by atoms with Crippen molar-refractivity contribution in [3.63, 3.8) is 0 Å². The summed E-state index contributed by atoms with van der Waals surface area (Å²) in [6.07, 6.45) is 14.6. The van der Waals surface area contributed by atoms with E-state index in [1.54, 1.807) is 0 Å². The molecule has 0 saturated heterocycles. The van der Waals surface area contributed by atoms with Gasteiger partial charge in [0.05, 0.1) is 27.7 Å². The predicted molar refractivity (Wildman–Crippen MR) is 92.3 cm³/mol. The largest absolute Gasteiger partial charge is 1.00 e. The zero-order valence-corrected chi connectivity index (χ0v) is 15.8. The van der Waals surface area contributed by atoms with Gasteiger partial charge in [0.2, 0.25) is 5.91 Å². The molecule has 0 aromatic carbocycles. The highest BCUT2D eigenvalue weighted by atomic mass is 35.5. The molecule has 0 saturated carbocycles. The van der Waals surface area contributed by atoms with Crippen LogP contribution in [0.15, 0.2) is 12.7 Å². The first-order chi connectivity index (χ1) is 9.95. The van der Waals surface area contributed by atoms with E-state index >= 15 is 0 Å². The molecule has 0 aliphatic heterocycles. The van der Waals surface area contributed by atoms with Crippen LogP contribution in [-0.2, 0) is 4.79 Å². The fraction of sp³-hybridized carbons (Fsp3) is 0.833. The van der Waals surface area contributed by atoms with E-state index in [9.17, 15) is 4.79 Å². The fourth-order valence-electron chi connectivity index (χ4n) is 2.41. The van der Waals surface area contributed by atoms with Gasteiger partial charge in [0, 0.05) is 6.54 Å². The monoisotopic (exact) mass is 332 g/mol. The molecule has 4 heteroatoms. The highest BCUT2D eigenvalue weighted by Gasteiger charge is 2.04. The van der Waals surface area contributed by atoms with Gasteiger partial charge < -0.3 is 22.2 Å². The van der Waals surface area contributed by atoms with Gasteiger partial charge >= 0.3 is 0 Å². The molecule has 0 fully saturated rings. The summed E-state index contributed by atoms with van der Waals surface area (Å²) in [5, 5.41) is 2.82. The van der Waals surface area contributed by atoms with Crippen LogP contribution in [0, 0.1) is 0 Å². The Morgan fingerprint density at radius 2 is 1.27 bits per heavy atom. The number of halogens is 1. The minimum absolute atomic E-state index is 0. The Kier molecular flexibility index (Phi) is 16.6. The van der Waals surface area contributed by atoms with Crippen molar-refractivity contribution in [2.45, 2.75) is 64.2 Å². The molecule has 0 radical (unpaired) electrons. The van der Waals surface area contributed by atoms with Crippen LogP contribution in [0.4, 0.5) is 0 Å². The van der Waals surface area contributed by atoms with E-state index in [-0.39, 0.29) is 18.3 Å². The third-order valence-corrected chi connectivity index (χ3v) is 3.74. The van der Waals surface area contributed by atoms with Gasteiger partial charge in [-0.15, -0.1) is 0 Å². The summed E-state index contributed by atoms with van der Waals surface area (Å²) in [7, 11) is 6.80. The minimum Gasteiger partial charge on any atom is -1.00 e. The molecule has 0 heterocycles. The second kappa shape index (κ2) is 15.4. The summed E-state index contributed by atoms with van der Waals surface area (Å²) in [6, 6.07) is 0. The van der Waals surface area contributed by atoms with Gasteiger partial charge in [-0.2, -0.15) is 0 Å². The van der Waals surface area contributed by atoms with Crippen LogP contribution in [0.3, 0.4) is 0 Å². The molecule has 1 amide bonds. The predicted octanol–water partition coefficient (Wildman–Crippen LogP) is 0.900. The maximum absolute atomic E-state index is 10.9. The molecule has 0 spiro atoms. The number of quaternary nitrogens is 1. The van der Waals surface area contributed by atoms with E-state index < -0.39 is 0 Å². The third kappa shape index (κ3) is 19.5. The fourth-order valence-corrected chi connectivity index (χ4v) is 2.41. The highest BCUT2D eigenvalue weighted by molar-refractivity contribution is 5.86. The van der Waals surface area contributed by atoms with Gasteiger partial charge in [-0.25, -0.2) is 0 Å². The second-order valence-electron chi connectivity index (χ2n) is 7.04. The van der Waals surface area contributed by atoms with Gasteiger partial charge in [0.1, 0.15) is 0 Å². The maximum Gasteiger partial charge on any atom is 0.243 e. The van der Waals surface area contributed by atoms with E-state index in [0.717, 1.165) is 17.4 Å². The third-order valence-electron chi connectivity index (χ3n) is 3.74. The normalized spacial score (nSPS) is 10.9. The number of rotatable bonds is 14. The topological polar surface area (TPSA) is 29.1 Å². The zero-order chi connectivity index (χ0) is 16.0. The van der Waals surface area contributed by atoms with Crippen molar-refractivity contribution in [2.75, 3.05) is 34.2 Å². The number of nitrogens with one attached hydrogen (secondary N) is 1. The van der Waals surface area contributed by atoms with Crippen LogP contribution in [-0.4, -0.2) is 44.6 Å². The smallest absolute Gasteiger partial charge is 0.243 e. The van der Waals surface area contributed by atoms with E-state index in [4.69, 9.17) is 0 Å². The van der Waals surface area contributed by atoms with Crippen molar-refractivity contribution in [1.82, 2.24) is 5.32 Å². The standard InChI is InChI=1S/C18H36N2O.ClH/c1-5-18(21)19-16-14-12-10-8-6-7-9-11-13-15-17-20(2,3)4;/h5H,1,6-17H2,2-4H3;1H. The Morgan fingerprint density at radius 1 is 0.864 bits per heavy atom. The van der Waals surface area contributed by atoms with Crippen molar-refractivity contribution < 1.29 is 21.7 Å². The molecule has 0 bridgehead atoms. The van der Waals surface area contributed by atoms with Crippen LogP contribution in [0.5, 0.6) is 0 Å². The summed E-state index contributed by atoms with van der Waals surface area (Å²) in [6.45, 7) is 5.52. The lowest BCUT2D eigenvalue weighted by atomic mass is 10.1. The van der Waals surface area contributed by atoms with Crippen LogP contribution in [0.1, 0.15) is 64.2 Å². The van der Waals surface area contributed by atoms with Crippen LogP contribution in [0.2, 0.25) is 0 Å². The first-order valence-electron chi connectivity index (χ1n) is 8.66. The summed E-state index contributed by atoms with van der Waals surface area (Å²) in [5.74, 6) is -0.0553. The number of hydrogen-bond acceptors (Lipinski definition) is 1. The van der Waals surface area contributed by atoms with Crippen molar-refractivity contribution in [3.05, 3.63) is 12.7 Å². The highest BCUT2D eigenvalue weighted by Crippen LogP contribution is 2.11. The van der Waals surface area contributed by atoms with Gasteiger partial charge in [-0.05, 0) is 25.3 Å². The molecule has 3 nitrogen and oxygen atoms in total. The summed E-state index contributed by atoms with van der Waals surface area (Å²) in [5.41, 5.74) is 0. The summed E-state index contributed by atoms with van der Waals surface area (Å²) < 4.78 is 1.09. The van der Waals surface area contributed by atoms with Crippen molar-refractivity contribution in [1.29, 1.82) is 0 Å². The Bertz CT molecular complexity index is 275. The van der Waals surface area contributed by atoms with E-state index in [1.165, 1.54) is 70.4 Å². The number of nitrogens with zero attached hydrogens (tertiary/aromatic N) is 1.